The molecule has 2 nitrogen and oxygen atoms in total. The van der Waals surface area contributed by atoms with Crippen LogP contribution in [-0.4, -0.2) is 11.3 Å². The molecular formula is C11H15NOS. The van der Waals surface area contributed by atoms with Gasteiger partial charge >= 0.3 is 0 Å². The number of thiophene rings is 1. The molecular weight excluding hydrogens is 194 g/mol. The first kappa shape index (κ1) is 9.87. The molecule has 1 saturated carbocycles. The van der Waals surface area contributed by atoms with Gasteiger partial charge in [0.1, 0.15) is 0 Å². The molecule has 0 atom stereocenters. The first-order valence-electron chi connectivity index (χ1n) is 5.05. The average Bonchev–Trinajstić information content (AvgIpc) is 2.62. The third-order valence-electron chi connectivity index (χ3n) is 2.98. The molecule has 0 saturated heterocycles. The van der Waals surface area contributed by atoms with Gasteiger partial charge in [-0.2, -0.15) is 0 Å². The minimum Gasteiger partial charge on any atom is -0.319 e. The van der Waals surface area contributed by atoms with Crippen LogP contribution in [0.25, 0.3) is 0 Å². The predicted octanol–water partition coefficient (Wildman–Crippen LogP) is 2.13. The van der Waals surface area contributed by atoms with E-state index in [-0.39, 0.29) is 5.78 Å². The fourth-order valence-electron chi connectivity index (χ4n) is 1.78. The number of rotatable bonds is 4. The van der Waals surface area contributed by atoms with Crippen LogP contribution in [0.2, 0.25) is 0 Å². The van der Waals surface area contributed by atoms with Crippen molar-refractivity contribution in [1.82, 2.24) is 0 Å². The number of hydrogen-bond acceptors (Lipinski definition) is 3. The van der Waals surface area contributed by atoms with E-state index in [1.165, 1.54) is 4.88 Å². The van der Waals surface area contributed by atoms with Crippen LogP contribution in [0.5, 0.6) is 0 Å². The zero-order valence-corrected chi connectivity index (χ0v) is 8.98. The molecule has 0 aliphatic heterocycles. The second-order valence-electron chi connectivity index (χ2n) is 4.01. The molecule has 0 amide bonds. The van der Waals surface area contributed by atoms with Gasteiger partial charge in [0, 0.05) is 11.3 Å². The Bertz CT molecular complexity index is 314. The largest absolute Gasteiger partial charge is 0.319 e. The van der Waals surface area contributed by atoms with E-state index in [1.54, 1.807) is 11.3 Å². The summed E-state index contributed by atoms with van der Waals surface area (Å²) in [6, 6.07) is 4.09. The fraction of sp³-hybridized carbons (Fsp3) is 0.545. The molecule has 0 spiro atoms. The molecule has 2 N–H and O–H groups in total. The van der Waals surface area contributed by atoms with E-state index in [1.807, 2.05) is 11.4 Å². The van der Waals surface area contributed by atoms with Crippen LogP contribution in [-0.2, 0) is 11.2 Å². The fourth-order valence-corrected chi connectivity index (χ4v) is 2.49. The Labute approximate surface area is 88.1 Å². The van der Waals surface area contributed by atoms with Crippen LogP contribution in [0.4, 0.5) is 0 Å². The van der Waals surface area contributed by atoms with Gasteiger partial charge in [-0.1, -0.05) is 6.07 Å². The van der Waals surface area contributed by atoms with Gasteiger partial charge in [-0.3, -0.25) is 4.79 Å². The van der Waals surface area contributed by atoms with Gasteiger partial charge in [-0.05, 0) is 37.1 Å². The summed E-state index contributed by atoms with van der Waals surface area (Å²) in [4.78, 5) is 13.0. The molecule has 14 heavy (non-hydrogen) atoms. The van der Waals surface area contributed by atoms with Crippen molar-refractivity contribution >= 4 is 17.1 Å². The van der Waals surface area contributed by atoms with E-state index in [0.717, 1.165) is 25.7 Å². The smallest absolute Gasteiger partial charge is 0.153 e. The lowest BCUT2D eigenvalue weighted by molar-refractivity contribution is -0.126. The molecule has 1 aromatic heterocycles. The monoisotopic (exact) mass is 209 g/mol. The minimum atomic E-state index is -0.461. The lowest BCUT2D eigenvalue weighted by Gasteiger charge is -2.36. The minimum absolute atomic E-state index is 0.247. The molecule has 0 unspecified atom stereocenters. The van der Waals surface area contributed by atoms with Gasteiger partial charge in [0.2, 0.25) is 0 Å². The van der Waals surface area contributed by atoms with Gasteiger partial charge in [0.15, 0.2) is 5.78 Å². The maximum Gasteiger partial charge on any atom is 0.153 e. The molecule has 1 aliphatic rings. The van der Waals surface area contributed by atoms with Crippen LogP contribution in [0.1, 0.15) is 30.6 Å². The average molecular weight is 209 g/mol. The van der Waals surface area contributed by atoms with Crippen LogP contribution in [0.15, 0.2) is 17.5 Å². The van der Waals surface area contributed by atoms with Crippen molar-refractivity contribution in [2.45, 2.75) is 37.6 Å². The van der Waals surface area contributed by atoms with Crippen molar-refractivity contribution in [2.75, 3.05) is 0 Å². The summed E-state index contributed by atoms with van der Waals surface area (Å²) < 4.78 is 0. The molecule has 2 rings (SSSR count). The Balaban J connectivity index is 1.84. The van der Waals surface area contributed by atoms with Crippen molar-refractivity contribution in [3.63, 3.8) is 0 Å². The predicted molar refractivity (Wildman–Crippen MR) is 58.4 cm³/mol. The van der Waals surface area contributed by atoms with Crippen LogP contribution < -0.4 is 5.73 Å². The van der Waals surface area contributed by atoms with Crippen molar-refractivity contribution in [1.29, 1.82) is 0 Å². The molecule has 0 radical (unpaired) electrons. The Kier molecular flexibility index (Phi) is 2.70. The SMILES string of the molecule is NC1(C(=O)CCc2cccs2)CCC1. The van der Waals surface area contributed by atoms with Crippen molar-refractivity contribution in [2.24, 2.45) is 5.73 Å². The summed E-state index contributed by atoms with van der Waals surface area (Å²) in [5.41, 5.74) is 5.48. The van der Waals surface area contributed by atoms with Gasteiger partial charge in [-0.15, -0.1) is 11.3 Å². The Morgan fingerprint density at radius 1 is 1.57 bits per heavy atom. The molecule has 1 aromatic rings. The molecule has 76 valence electrons. The van der Waals surface area contributed by atoms with Crippen molar-refractivity contribution in [3.05, 3.63) is 22.4 Å². The van der Waals surface area contributed by atoms with E-state index in [0.29, 0.717) is 6.42 Å². The lowest BCUT2D eigenvalue weighted by Crippen LogP contribution is -2.53. The Morgan fingerprint density at radius 3 is 2.86 bits per heavy atom. The van der Waals surface area contributed by atoms with Crippen LogP contribution in [0.3, 0.4) is 0 Å². The maximum atomic E-state index is 11.7. The summed E-state index contributed by atoms with van der Waals surface area (Å²) in [6.07, 6.45) is 4.35. The number of ketones is 1. The number of nitrogens with two attached hydrogens (primary N) is 1. The number of Topliss-reactive ketones (excluding diaryl/α,β-unsaturated/α-hetero) is 1. The normalized spacial score (nSPS) is 18.9. The Morgan fingerprint density at radius 2 is 2.36 bits per heavy atom. The third kappa shape index (κ3) is 1.88. The van der Waals surface area contributed by atoms with E-state index in [4.69, 9.17) is 5.73 Å². The first-order valence-corrected chi connectivity index (χ1v) is 5.93. The summed E-state index contributed by atoms with van der Waals surface area (Å²) in [5.74, 6) is 0.247. The zero-order chi connectivity index (χ0) is 10.0. The van der Waals surface area contributed by atoms with E-state index >= 15 is 0 Å². The number of carbonyl (C=O) groups is 1. The molecule has 1 aliphatic carbocycles. The van der Waals surface area contributed by atoms with E-state index in [2.05, 4.69) is 6.07 Å². The first-order chi connectivity index (χ1) is 6.71. The van der Waals surface area contributed by atoms with Gasteiger partial charge < -0.3 is 5.73 Å². The van der Waals surface area contributed by atoms with Crippen LogP contribution in [0, 0.1) is 0 Å². The molecule has 1 heterocycles. The van der Waals surface area contributed by atoms with Crippen LogP contribution >= 0.6 is 11.3 Å². The Hall–Kier alpha value is -0.670. The molecule has 0 bridgehead atoms. The summed E-state index contributed by atoms with van der Waals surface area (Å²) in [5, 5.41) is 2.04. The number of aryl methyl sites for hydroxylation is 1. The highest BCUT2D eigenvalue weighted by Gasteiger charge is 2.38. The third-order valence-corrected chi connectivity index (χ3v) is 3.92. The quantitative estimate of drug-likeness (QED) is 0.825. The van der Waals surface area contributed by atoms with Crippen molar-refractivity contribution < 1.29 is 4.79 Å². The molecule has 1 fully saturated rings. The standard InChI is InChI=1S/C11H15NOS/c12-11(6-2-7-11)10(13)5-4-9-3-1-8-14-9/h1,3,8H,2,4-7,12H2. The van der Waals surface area contributed by atoms with E-state index in [9.17, 15) is 4.79 Å². The highest BCUT2D eigenvalue weighted by Crippen LogP contribution is 2.31. The van der Waals surface area contributed by atoms with Crippen molar-refractivity contribution in [3.8, 4) is 0 Å². The maximum absolute atomic E-state index is 11.7. The lowest BCUT2D eigenvalue weighted by atomic mass is 9.73. The molecule has 0 aromatic carbocycles. The highest BCUT2D eigenvalue weighted by atomic mass is 32.1. The van der Waals surface area contributed by atoms with Gasteiger partial charge in [-0.25, -0.2) is 0 Å². The number of carbonyl (C=O) groups excluding carboxylic acids is 1. The summed E-state index contributed by atoms with van der Waals surface area (Å²) in [7, 11) is 0. The summed E-state index contributed by atoms with van der Waals surface area (Å²) in [6.45, 7) is 0. The second kappa shape index (κ2) is 3.83. The van der Waals surface area contributed by atoms with E-state index < -0.39 is 5.54 Å². The highest BCUT2D eigenvalue weighted by molar-refractivity contribution is 7.09. The van der Waals surface area contributed by atoms with Gasteiger partial charge in [0.05, 0.1) is 5.54 Å². The second-order valence-corrected chi connectivity index (χ2v) is 5.04. The molecule has 3 heteroatoms. The number of hydrogen-bond donors (Lipinski definition) is 1. The topological polar surface area (TPSA) is 43.1 Å². The van der Waals surface area contributed by atoms with Gasteiger partial charge in [0.25, 0.3) is 0 Å². The zero-order valence-electron chi connectivity index (χ0n) is 8.16. The summed E-state index contributed by atoms with van der Waals surface area (Å²) >= 11 is 1.71.